The number of nitrogens with one attached hydrogen (secondary N) is 1. The van der Waals surface area contributed by atoms with Crippen molar-refractivity contribution in [2.45, 2.75) is 27.3 Å². The molecule has 4 aromatic rings. The van der Waals surface area contributed by atoms with Crippen LogP contribution in [0.25, 0.3) is 16.9 Å². The number of fused-ring (bicyclic) bond motifs is 1. The number of pyridine rings is 1. The molecule has 0 saturated carbocycles. The number of benzene rings is 2. The van der Waals surface area contributed by atoms with Crippen molar-refractivity contribution in [3.63, 3.8) is 0 Å². The summed E-state index contributed by atoms with van der Waals surface area (Å²) >= 11 is 0. The number of piperazine rings is 1. The fourth-order valence-corrected chi connectivity index (χ4v) is 4.61. The first-order valence-corrected chi connectivity index (χ1v) is 11.7. The summed E-state index contributed by atoms with van der Waals surface area (Å²) in [5.41, 5.74) is 7.11. The van der Waals surface area contributed by atoms with E-state index in [2.05, 4.69) is 51.0 Å². The molecule has 7 nitrogen and oxygen atoms in total. The first kappa shape index (κ1) is 22.1. The quantitative estimate of drug-likeness (QED) is 0.486. The molecule has 0 spiro atoms. The molecule has 3 heterocycles. The fourth-order valence-electron chi connectivity index (χ4n) is 4.61. The molecular weight excluding hydrogens is 424 g/mol. The summed E-state index contributed by atoms with van der Waals surface area (Å²) < 4.78 is 2.16. The van der Waals surface area contributed by atoms with E-state index in [1.807, 2.05) is 55.3 Å². The fraction of sp³-hybridized carbons (Fsp3) is 0.296. The van der Waals surface area contributed by atoms with E-state index in [-0.39, 0.29) is 6.03 Å². The molecule has 2 amide bonds. The number of amides is 2. The molecule has 2 aromatic carbocycles. The van der Waals surface area contributed by atoms with Gasteiger partial charge in [0.1, 0.15) is 11.3 Å². The van der Waals surface area contributed by atoms with E-state index in [0.29, 0.717) is 19.6 Å². The Morgan fingerprint density at radius 1 is 0.941 bits per heavy atom. The largest absolute Gasteiger partial charge is 0.322 e. The van der Waals surface area contributed by atoms with Crippen molar-refractivity contribution in [3.8, 4) is 5.69 Å². The molecular formula is C27H30N6O. The second kappa shape index (κ2) is 9.27. The minimum atomic E-state index is -0.0340. The molecule has 2 aromatic heterocycles. The van der Waals surface area contributed by atoms with Gasteiger partial charge in [-0.05, 0) is 61.7 Å². The van der Waals surface area contributed by atoms with Gasteiger partial charge in [0.25, 0.3) is 0 Å². The highest BCUT2D eigenvalue weighted by molar-refractivity contribution is 5.91. The molecule has 1 saturated heterocycles. The van der Waals surface area contributed by atoms with Gasteiger partial charge in [0.2, 0.25) is 0 Å². The Kier molecular flexibility index (Phi) is 6.02. The minimum Gasteiger partial charge on any atom is -0.322 e. The van der Waals surface area contributed by atoms with Crippen LogP contribution in [0.4, 0.5) is 10.5 Å². The molecule has 34 heavy (non-hydrogen) atoms. The number of carbonyl (C=O) groups is 1. The predicted octanol–water partition coefficient (Wildman–Crippen LogP) is 4.70. The molecule has 0 bridgehead atoms. The van der Waals surface area contributed by atoms with E-state index in [1.165, 1.54) is 5.56 Å². The van der Waals surface area contributed by atoms with Gasteiger partial charge in [-0.15, -0.1) is 0 Å². The van der Waals surface area contributed by atoms with Crippen molar-refractivity contribution in [2.24, 2.45) is 0 Å². The van der Waals surface area contributed by atoms with Gasteiger partial charge in [-0.1, -0.05) is 30.3 Å². The maximum absolute atomic E-state index is 12.9. The Labute approximate surface area is 200 Å². The standard InChI is InChI=1S/C27H30N6O/c1-19-7-4-10-22(17-19)33-24(29-23-11-6-12-28-26(23)33)18-31-13-15-32(16-14-31)27(34)30-25-20(2)8-5-9-21(25)3/h4-12,17H,13-16,18H2,1-3H3,(H,30,34). The van der Waals surface area contributed by atoms with E-state index in [9.17, 15) is 4.79 Å². The predicted molar refractivity (Wildman–Crippen MR) is 135 cm³/mol. The Hall–Kier alpha value is -3.71. The minimum absolute atomic E-state index is 0.0340. The normalized spacial score (nSPS) is 14.5. The Balaban J connectivity index is 1.30. The van der Waals surface area contributed by atoms with E-state index >= 15 is 0 Å². The van der Waals surface area contributed by atoms with Crippen LogP contribution >= 0.6 is 0 Å². The lowest BCUT2D eigenvalue weighted by molar-refractivity contribution is 0.140. The van der Waals surface area contributed by atoms with Gasteiger partial charge in [-0.25, -0.2) is 14.8 Å². The van der Waals surface area contributed by atoms with Crippen LogP contribution in [-0.4, -0.2) is 56.5 Å². The summed E-state index contributed by atoms with van der Waals surface area (Å²) in [4.78, 5) is 26.7. The molecule has 174 valence electrons. The molecule has 1 aliphatic rings. The van der Waals surface area contributed by atoms with Gasteiger partial charge in [0.15, 0.2) is 5.65 Å². The zero-order valence-corrected chi connectivity index (χ0v) is 20.0. The number of hydrogen-bond acceptors (Lipinski definition) is 4. The molecule has 7 heteroatoms. The van der Waals surface area contributed by atoms with Gasteiger partial charge in [0, 0.05) is 43.8 Å². The van der Waals surface area contributed by atoms with Crippen LogP contribution in [0.2, 0.25) is 0 Å². The Morgan fingerprint density at radius 3 is 2.41 bits per heavy atom. The number of carbonyl (C=O) groups excluding carboxylic acids is 1. The van der Waals surface area contributed by atoms with Crippen molar-refractivity contribution in [3.05, 3.63) is 83.3 Å². The average molecular weight is 455 g/mol. The third-order valence-electron chi connectivity index (χ3n) is 6.48. The Bertz CT molecular complexity index is 1320. The summed E-state index contributed by atoms with van der Waals surface area (Å²) in [7, 11) is 0. The lowest BCUT2D eigenvalue weighted by atomic mass is 10.1. The van der Waals surface area contributed by atoms with Crippen LogP contribution in [0.5, 0.6) is 0 Å². The maximum Gasteiger partial charge on any atom is 0.321 e. The zero-order valence-electron chi connectivity index (χ0n) is 20.0. The monoisotopic (exact) mass is 454 g/mol. The molecule has 1 aliphatic heterocycles. The van der Waals surface area contributed by atoms with Crippen molar-refractivity contribution in [1.29, 1.82) is 0 Å². The van der Waals surface area contributed by atoms with E-state index in [1.54, 1.807) is 0 Å². The number of aryl methyl sites for hydroxylation is 3. The number of urea groups is 1. The number of aromatic nitrogens is 3. The summed E-state index contributed by atoms with van der Waals surface area (Å²) in [6.07, 6.45) is 1.81. The number of anilines is 1. The molecule has 1 N–H and O–H groups in total. The van der Waals surface area contributed by atoms with E-state index < -0.39 is 0 Å². The first-order valence-electron chi connectivity index (χ1n) is 11.7. The average Bonchev–Trinajstić information content (AvgIpc) is 3.19. The summed E-state index contributed by atoms with van der Waals surface area (Å²) in [6, 6.07) is 18.4. The van der Waals surface area contributed by atoms with Crippen molar-refractivity contribution < 1.29 is 4.79 Å². The highest BCUT2D eigenvalue weighted by Crippen LogP contribution is 2.23. The third-order valence-corrected chi connectivity index (χ3v) is 6.48. The van der Waals surface area contributed by atoms with Crippen molar-refractivity contribution in [1.82, 2.24) is 24.3 Å². The maximum atomic E-state index is 12.9. The van der Waals surface area contributed by atoms with E-state index in [0.717, 1.165) is 52.6 Å². The van der Waals surface area contributed by atoms with Crippen molar-refractivity contribution in [2.75, 3.05) is 31.5 Å². The number of hydrogen-bond donors (Lipinski definition) is 1. The smallest absolute Gasteiger partial charge is 0.321 e. The van der Waals surface area contributed by atoms with Gasteiger partial charge in [0.05, 0.1) is 6.54 Å². The van der Waals surface area contributed by atoms with Gasteiger partial charge < -0.3 is 10.2 Å². The lowest BCUT2D eigenvalue weighted by Crippen LogP contribution is -2.49. The number of nitrogens with zero attached hydrogens (tertiary/aromatic N) is 5. The molecule has 0 aliphatic carbocycles. The molecule has 0 unspecified atom stereocenters. The first-order chi connectivity index (χ1) is 16.5. The van der Waals surface area contributed by atoms with Crippen LogP contribution in [0.15, 0.2) is 60.8 Å². The van der Waals surface area contributed by atoms with Crippen LogP contribution in [0.1, 0.15) is 22.5 Å². The summed E-state index contributed by atoms with van der Waals surface area (Å²) in [6.45, 7) is 9.80. The second-order valence-electron chi connectivity index (χ2n) is 9.01. The molecule has 1 fully saturated rings. The molecule has 0 radical (unpaired) electrons. The third kappa shape index (κ3) is 4.39. The number of imidazole rings is 1. The number of rotatable bonds is 4. The van der Waals surface area contributed by atoms with E-state index in [4.69, 9.17) is 4.98 Å². The lowest BCUT2D eigenvalue weighted by Gasteiger charge is -2.34. The van der Waals surface area contributed by atoms with Crippen molar-refractivity contribution >= 4 is 22.9 Å². The van der Waals surface area contributed by atoms with Crippen LogP contribution in [0, 0.1) is 20.8 Å². The van der Waals surface area contributed by atoms with Gasteiger partial charge >= 0.3 is 6.03 Å². The molecule has 5 rings (SSSR count). The van der Waals surface area contributed by atoms with Crippen LogP contribution in [-0.2, 0) is 6.54 Å². The van der Waals surface area contributed by atoms with Crippen LogP contribution < -0.4 is 5.32 Å². The summed E-state index contributed by atoms with van der Waals surface area (Å²) in [5, 5.41) is 3.11. The van der Waals surface area contributed by atoms with Crippen LogP contribution in [0.3, 0.4) is 0 Å². The zero-order chi connectivity index (χ0) is 23.7. The SMILES string of the molecule is Cc1cccc(-n2c(CN3CCN(C(=O)Nc4c(C)cccc4C)CC3)nc3cccnc32)c1. The number of para-hydroxylation sites is 1. The highest BCUT2D eigenvalue weighted by Gasteiger charge is 2.24. The summed E-state index contributed by atoms with van der Waals surface area (Å²) in [5.74, 6) is 0.965. The second-order valence-corrected chi connectivity index (χ2v) is 9.01. The molecule has 0 atom stereocenters. The van der Waals surface area contributed by atoms with Gasteiger partial charge in [-0.2, -0.15) is 0 Å². The van der Waals surface area contributed by atoms with Gasteiger partial charge in [-0.3, -0.25) is 9.47 Å². The topological polar surface area (TPSA) is 66.3 Å². The highest BCUT2D eigenvalue weighted by atomic mass is 16.2. The Morgan fingerprint density at radius 2 is 1.68 bits per heavy atom.